The third-order valence-corrected chi connectivity index (χ3v) is 3.62. The number of carbonyl (C=O) groups is 3. The quantitative estimate of drug-likeness (QED) is 0.784. The monoisotopic (exact) mass is 284 g/mol. The molecule has 1 fully saturated rings. The second-order valence-electron chi connectivity index (χ2n) is 5.59. The average molecular weight is 284 g/mol. The molecule has 20 heavy (non-hydrogen) atoms. The molecule has 0 aromatic rings. The van der Waals surface area contributed by atoms with Crippen LogP contribution in [0.25, 0.3) is 0 Å². The molecule has 1 aliphatic rings. The maximum absolute atomic E-state index is 12.1. The van der Waals surface area contributed by atoms with Crippen LogP contribution < -0.4 is 5.32 Å². The van der Waals surface area contributed by atoms with Crippen LogP contribution in [-0.4, -0.2) is 46.9 Å². The van der Waals surface area contributed by atoms with E-state index in [1.165, 1.54) is 0 Å². The molecule has 6 nitrogen and oxygen atoms in total. The molecule has 0 radical (unpaired) electrons. The average Bonchev–Trinajstić information content (AvgIpc) is 2.43. The van der Waals surface area contributed by atoms with E-state index >= 15 is 0 Å². The van der Waals surface area contributed by atoms with Gasteiger partial charge < -0.3 is 15.3 Å². The first kappa shape index (κ1) is 16.5. The summed E-state index contributed by atoms with van der Waals surface area (Å²) in [4.78, 5) is 36.7. The summed E-state index contributed by atoms with van der Waals surface area (Å²) in [6.07, 6.45) is 1.83. The topological polar surface area (TPSA) is 86.7 Å². The van der Waals surface area contributed by atoms with E-state index in [1.54, 1.807) is 11.8 Å². The third-order valence-electron chi connectivity index (χ3n) is 3.62. The number of piperidine rings is 1. The lowest BCUT2D eigenvalue weighted by Gasteiger charge is -2.33. The van der Waals surface area contributed by atoms with Crippen molar-refractivity contribution >= 4 is 17.8 Å². The zero-order valence-electron chi connectivity index (χ0n) is 12.4. The Kier molecular flexibility index (Phi) is 5.98. The molecule has 1 saturated heterocycles. The van der Waals surface area contributed by atoms with Crippen molar-refractivity contribution in [1.82, 2.24) is 10.2 Å². The van der Waals surface area contributed by atoms with Crippen molar-refractivity contribution in [3.63, 3.8) is 0 Å². The first-order chi connectivity index (χ1) is 9.36. The van der Waals surface area contributed by atoms with Crippen LogP contribution in [0.4, 0.5) is 0 Å². The normalized spacial score (nSPS) is 20.6. The standard InChI is InChI=1S/C14H24N2O4/c1-4-11(14(19)20)15-12(17)10-6-5-7-16(8-10)13(18)9(2)3/h9-11H,4-8H2,1-3H3,(H,15,17)(H,19,20)/t10?,11-/m1/s1. The molecular formula is C14H24N2O4. The van der Waals surface area contributed by atoms with Crippen LogP contribution >= 0.6 is 0 Å². The van der Waals surface area contributed by atoms with Crippen molar-refractivity contribution in [3.05, 3.63) is 0 Å². The van der Waals surface area contributed by atoms with Gasteiger partial charge in [0.05, 0.1) is 5.92 Å². The van der Waals surface area contributed by atoms with Gasteiger partial charge >= 0.3 is 5.97 Å². The van der Waals surface area contributed by atoms with Gasteiger partial charge in [0.1, 0.15) is 6.04 Å². The van der Waals surface area contributed by atoms with E-state index in [-0.39, 0.29) is 23.7 Å². The second-order valence-corrected chi connectivity index (χ2v) is 5.59. The highest BCUT2D eigenvalue weighted by Crippen LogP contribution is 2.18. The molecule has 0 bridgehead atoms. The number of aliphatic carboxylic acids is 1. The Hall–Kier alpha value is -1.59. The van der Waals surface area contributed by atoms with Gasteiger partial charge in [-0.2, -0.15) is 0 Å². The van der Waals surface area contributed by atoms with Gasteiger partial charge in [-0.05, 0) is 19.3 Å². The summed E-state index contributed by atoms with van der Waals surface area (Å²) in [5.74, 6) is -1.63. The number of hydrogen-bond acceptors (Lipinski definition) is 3. The van der Waals surface area contributed by atoms with E-state index in [0.717, 1.165) is 6.42 Å². The smallest absolute Gasteiger partial charge is 0.326 e. The molecular weight excluding hydrogens is 260 g/mol. The van der Waals surface area contributed by atoms with Crippen molar-refractivity contribution in [1.29, 1.82) is 0 Å². The van der Waals surface area contributed by atoms with Crippen molar-refractivity contribution < 1.29 is 19.5 Å². The minimum atomic E-state index is -1.02. The molecule has 1 unspecified atom stereocenters. The highest BCUT2D eigenvalue weighted by Gasteiger charge is 2.31. The summed E-state index contributed by atoms with van der Waals surface area (Å²) in [5.41, 5.74) is 0. The summed E-state index contributed by atoms with van der Waals surface area (Å²) in [6.45, 7) is 6.46. The fraction of sp³-hybridized carbons (Fsp3) is 0.786. The number of nitrogens with zero attached hydrogens (tertiary/aromatic N) is 1. The van der Waals surface area contributed by atoms with Crippen LogP contribution in [0.1, 0.15) is 40.0 Å². The molecule has 2 N–H and O–H groups in total. The van der Waals surface area contributed by atoms with E-state index in [0.29, 0.717) is 25.9 Å². The Bertz CT molecular complexity index is 381. The maximum atomic E-state index is 12.1. The van der Waals surface area contributed by atoms with Gasteiger partial charge in [-0.15, -0.1) is 0 Å². The van der Waals surface area contributed by atoms with Gasteiger partial charge in [-0.3, -0.25) is 9.59 Å². The number of likely N-dealkylation sites (tertiary alicyclic amines) is 1. The van der Waals surface area contributed by atoms with Gasteiger partial charge in [-0.1, -0.05) is 20.8 Å². The Morgan fingerprint density at radius 1 is 1.35 bits per heavy atom. The van der Waals surface area contributed by atoms with Crippen LogP contribution in [0.2, 0.25) is 0 Å². The highest BCUT2D eigenvalue weighted by molar-refractivity contribution is 5.86. The molecule has 1 rings (SSSR count). The van der Waals surface area contributed by atoms with Gasteiger partial charge in [0.25, 0.3) is 0 Å². The molecule has 1 heterocycles. The van der Waals surface area contributed by atoms with Gasteiger partial charge in [0, 0.05) is 19.0 Å². The molecule has 1 aliphatic heterocycles. The molecule has 0 saturated carbocycles. The fourth-order valence-corrected chi connectivity index (χ4v) is 2.38. The SMILES string of the molecule is CC[C@@H](NC(=O)C1CCCN(C(=O)C(C)C)C1)C(=O)O. The zero-order valence-corrected chi connectivity index (χ0v) is 12.4. The minimum absolute atomic E-state index is 0.0489. The summed E-state index contributed by atoms with van der Waals surface area (Å²) in [5, 5.41) is 11.5. The van der Waals surface area contributed by atoms with Crippen LogP contribution in [0, 0.1) is 11.8 Å². The molecule has 0 aromatic heterocycles. The highest BCUT2D eigenvalue weighted by atomic mass is 16.4. The molecule has 2 amide bonds. The number of carboxylic acid groups (broad SMARTS) is 1. The Labute approximate surface area is 119 Å². The molecule has 114 valence electrons. The van der Waals surface area contributed by atoms with Crippen molar-refractivity contribution in [3.8, 4) is 0 Å². The summed E-state index contributed by atoms with van der Waals surface area (Å²) in [7, 11) is 0. The summed E-state index contributed by atoms with van der Waals surface area (Å²) in [6, 6.07) is -0.848. The van der Waals surface area contributed by atoms with E-state index in [1.807, 2.05) is 13.8 Å². The molecule has 0 aliphatic carbocycles. The largest absolute Gasteiger partial charge is 0.480 e. The van der Waals surface area contributed by atoms with E-state index in [4.69, 9.17) is 5.11 Å². The van der Waals surface area contributed by atoms with E-state index in [2.05, 4.69) is 5.32 Å². The predicted octanol–water partition coefficient (Wildman–Crippen LogP) is 0.860. The maximum Gasteiger partial charge on any atom is 0.326 e. The Balaban J connectivity index is 2.60. The number of nitrogens with one attached hydrogen (secondary N) is 1. The lowest BCUT2D eigenvalue weighted by molar-refractivity contribution is -0.144. The molecule has 0 aromatic carbocycles. The van der Waals surface area contributed by atoms with Gasteiger partial charge in [-0.25, -0.2) is 4.79 Å². The van der Waals surface area contributed by atoms with Gasteiger partial charge in [0.2, 0.25) is 11.8 Å². The van der Waals surface area contributed by atoms with Crippen LogP contribution in [-0.2, 0) is 14.4 Å². The van der Waals surface area contributed by atoms with Crippen molar-refractivity contribution in [2.45, 2.75) is 46.1 Å². The second kappa shape index (κ2) is 7.26. The third kappa shape index (κ3) is 4.21. The molecule has 0 spiro atoms. The zero-order chi connectivity index (χ0) is 15.3. The number of carbonyl (C=O) groups excluding carboxylic acids is 2. The summed E-state index contributed by atoms with van der Waals surface area (Å²) >= 11 is 0. The number of hydrogen-bond donors (Lipinski definition) is 2. The Morgan fingerprint density at radius 3 is 2.50 bits per heavy atom. The number of rotatable bonds is 5. The van der Waals surface area contributed by atoms with Crippen molar-refractivity contribution in [2.75, 3.05) is 13.1 Å². The van der Waals surface area contributed by atoms with Crippen LogP contribution in [0.15, 0.2) is 0 Å². The Morgan fingerprint density at radius 2 is 2.00 bits per heavy atom. The molecule has 6 heteroatoms. The van der Waals surface area contributed by atoms with E-state index in [9.17, 15) is 14.4 Å². The fourth-order valence-electron chi connectivity index (χ4n) is 2.38. The number of amides is 2. The predicted molar refractivity (Wildman–Crippen MR) is 74.0 cm³/mol. The molecule has 2 atom stereocenters. The minimum Gasteiger partial charge on any atom is -0.480 e. The van der Waals surface area contributed by atoms with Gasteiger partial charge in [0.15, 0.2) is 0 Å². The van der Waals surface area contributed by atoms with Crippen LogP contribution in [0.3, 0.4) is 0 Å². The first-order valence-electron chi connectivity index (χ1n) is 7.18. The lowest BCUT2D eigenvalue weighted by Crippen LogP contribution is -2.49. The van der Waals surface area contributed by atoms with Crippen LogP contribution in [0.5, 0.6) is 0 Å². The lowest BCUT2D eigenvalue weighted by atomic mass is 9.95. The van der Waals surface area contributed by atoms with Crippen molar-refractivity contribution in [2.24, 2.45) is 11.8 Å². The summed E-state index contributed by atoms with van der Waals surface area (Å²) < 4.78 is 0. The first-order valence-corrected chi connectivity index (χ1v) is 7.18. The number of carboxylic acids is 1. The van der Waals surface area contributed by atoms with E-state index < -0.39 is 12.0 Å².